The van der Waals surface area contributed by atoms with Crippen molar-refractivity contribution in [3.05, 3.63) is 52.8 Å². The van der Waals surface area contributed by atoms with Gasteiger partial charge in [0.1, 0.15) is 5.56 Å². The van der Waals surface area contributed by atoms with Crippen LogP contribution in [0, 0.1) is 13.8 Å². The van der Waals surface area contributed by atoms with Gasteiger partial charge in [-0.2, -0.15) is 5.10 Å². The van der Waals surface area contributed by atoms with E-state index in [-0.39, 0.29) is 18.6 Å². The van der Waals surface area contributed by atoms with Gasteiger partial charge >= 0.3 is 5.97 Å². The number of likely N-dealkylation sites (N-methyl/N-ethyl adjacent to an activating group) is 1. The van der Waals surface area contributed by atoms with Crippen LogP contribution in [0.25, 0.3) is 0 Å². The van der Waals surface area contributed by atoms with Crippen molar-refractivity contribution >= 4 is 11.9 Å². The molecule has 1 aliphatic carbocycles. The second kappa shape index (κ2) is 9.04. The third kappa shape index (κ3) is 4.61. The molecule has 0 unspecified atom stereocenters. The standard InChI is InChI=1S/C22H29N3O3/c1-16-21(17(2)25(23-16)14-18-10-6-4-7-11-18)22(27)28-15-20(26)24(3)19-12-8-5-9-13-19/h4,6-7,10-11,19H,5,8-9,12-15H2,1-3H3. The molecule has 0 saturated heterocycles. The van der Waals surface area contributed by atoms with Crippen molar-refractivity contribution in [1.82, 2.24) is 14.7 Å². The Kier molecular flexibility index (Phi) is 6.49. The van der Waals surface area contributed by atoms with Gasteiger partial charge in [-0.3, -0.25) is 9.48 Å². The molecule has 0 bridgehead atoms. The lowest BCUT2D eigenvalue weighted by molar-refractivity contribution is -0.135. The van der Waals surface area contributed by atoms with Gasteiger partial charge in [-0.25, -0.2) is 4.79 Å². The van der Waals surface area contributed by atoms with Crippen LogP contribution in [0.5, 0.6) is 0 Å². The zero-order chi connectivity index (χ0) is 20.1. The van der Waals surface area contributed by atoms with Crippen molar-refractivity contribution in [2.45, 2.75) is 58.5 Å². The summed E-state index contributed by atoms with van der Waals surface area (Å²) in [5.41, 5.74) is 2.92. The number of aromatic nitrogens is 2. The number of carbonyl (C=O) groups is 2. The molecular formula is C22H29N3O3. The number of benzene rings is 1. The number of hydrogen-bond acceptors (Lipinski definition) is 4. The molecule has 6 nitrogen and oxygen atoms in total. The maximum absolute atomic E-state index is 12.6. The average molecular weight is 383 g/mol. The van der Waals surface area contributed by atoms with Gasteiger partial charge in [0.25, 0.3) is 5.91 Å². The van der Waals surface area contributed by atoms with Crippen LogP contribution in [0.4, 0.5) is 0 Å². The fourth-order valence-electron chi connectivity index (χ4n) is 3.88. The molecule has 2 aromatic rings. The molecule has 1 heterocycles. The topological polar surface area (TPSA) is 64.4 Å². The highest BCUT2D eigenvalue weighted by molar-refractivity contribution is 5.93. The molecule has 3 rings (SSSR count). The van der Waals surface area contributed by atoms with Crippen LogP contribution in [0.3, 0.4) is 0 Å². The van der Waals surface area contributed by atoms with E-state index in [1.807, 2.05) is 37.3 Å². The first-order valence-electron chi connectivity index (χ1n) is 9.98. The number of esters is 1. The van der Waals surface area contributed by atoms with E-state index in [1.165, 1.54) is 6.42 Å². The molecular weight excluding hydrogens is 354 g/mol. The highest BCUT2D eigenvalue weighted by atomic mass is 16.5. The normalized spacial score (nSPS) is 14.7. The van der Waals surface area contributed by atoms with Gasteiger partial charge in [-0.05, 0) is 32.3 Å². The second-order valence-corrected chi connectivity index (χ2v) is 7.56. The summed E-state index contributed by atoms with van der Waals surface area (Å²) >= 11 is 0. The average Bonchev–Trinajstić information content (AvgIpc) is 2.99. The fourth-order valence-corrected chi connectivity index (χ4v) is 3.88. The van der Waals surface area contributed by atoms with Gasteiger partial charge in [0.2, 0.25) is 0 Å². The van der Waals surface area contributed by atoms with Crippen molar-refractivity contribution in [2.75, 3.05) is 13.7 Å². The molecule has 1 aliphatic rings. The fraction of sp³-hybridized carbons (Fsp3) is 0.500. The molecule has 0 aliphatic heterocycles. The van der Waals surface area contributed by atoms with E-state index in [9.17, 15) is 9.59 Å². The maximum atomic E-state index is 12.6. The SMILES string of the molecule is Cc1nn(Cc2ccccc2)c(C)c1C(=O)OCC(=O)N(C)C1CCCCC1. The first-order valence-corrected chi connectivity index (χ1v) is 9.98. The zero-order valence-corrected chi connectivity index (χ0v) is 17.0. The predicted octanol–water partition coefficient (Wildman–Crippen LogP) is 3.50. The number of aryl methyl sites for hydroxylation is 1. The molecule has 1 aromatic heterocycles. The summed E-state index contributed by atoms with van der Waals surface area (Å²) in [5, 5.41) is 4.48. The van der Waals surface area contributed by atoms with Gasteiger partial charge in [0, 0.05) is 13.1 Å². The highest BCUT2D eigenvalue weighted by Crippen LogP contribution is 2.22. The smallest absolute Gasteiger partial charge is 0.342 e. The lowest BCUT2D eigenvalue weighted by Gasteiger charge is -2.31. The predicted molar refractivity (Wildman–Crippen MR) is 107 cm³/mol. The van der Waals surface area contributed by atoms with E-state index in [1.54, 1.807) is 23.6 Å². The maximum Gasteiger partial charge on any atom is 0.342 e. The largest absolute Gasteiger partial charge is 0.452 e. The summed E-state index contributed by atoms with van der Waals surface area (Å²) in [5.74, 6) is -0.632. The Bertz CT molecular complexity index is 823. The minimum atomic E-state index is -0.486. The van der Waals surface area contributed by atoms with Crippen LogP contribution >= 0.6 is 0 Å². The number of carbonyl (C=O) groups excluding carboxylic acids is 2. The van der Waals surface area contributed by atoms with Crippen LogP contribution < -0.4 is 0 Å². The summed E-state index contributed by atoms with van der Waals surface area (Å²) in [4.78, 5) is 26.8. The van der Waals surface area contributed by atoms with Crippen molar-refractivity contribution in [3.8, 4) is 0 Å². The number of nitrogens with zero attached hydrogens (tertiary/aromatic N) is 3. The Labute approximate surface area is 166 Å². The molecule has 1 amide bonds. The summed E-state index contributed by atoms with van der Waals surface area (Å²) in [6, 6.07) is 10.2. The minimum absolute atomic E-state index is 0.146. The van der Waals surface area contributed by atoms with Crippen LogP contribution in [-0.4, -0.2) is 46.3 Å². The van der Waals surface area contributed by atoms with E-state index in [0.717, 1.165) is 36.9 Å². The van der Waals surface area contributed by atoms with Gasteiger partial charge in [0.15, 0.2) is 6.61 Å². The van der Waals surface area contributed by atoms with E-state index in [2.05, 4.69) is 5.10 Å². The first-order chi connectivity index (χ1) is 13.5. The highest BCUT2D eigenvalue weighted by Gasteiger charge is 2.25. The summed E-state index contributed by atoms with van der Waals surface area (Å²) in [6.45, 7) is 4.01. The first kappa shape index (κ1) is 20.1. The van der Waals surface area contributed by atoms with Crippen molar-refractivity contribution in [1.29, 1.82) is 0 Å². The van der Waals surface area contributed by atoms with Crippen molar-refractivity contribution < 1.29 is 14.3 Å². The molecule has 0 atom stereocenters. The zero-order valence-electron chi connectivity index (χ0n) is 17.0. The Balaban J connectivity index is 1.61. The number of rotatable bonds is 6. The van der Waals surface area contributed by atoms with E-state index >= 15 is 0 Å². The third-order valence-corrected chi connectivity index (χ3v) is 5.60. The van der Waals surface area contributed by atoms with Crippen molar-refractivity contribution in [3.63, 3.8) is 0 Å². The summed E-state index contributed by atoms with van der Waals surface area (Å²) in [7, 11) is 1.81. The molecule has 1 aromatic carbocycles. The Morgan fingerprint density at radius 1 is 1.14 bits per heavy atom. The molecule has 0 spiro atoms. The molecule has 150 valence electrons. The lowest BCUT2D eigenvalue weighted by atomic mass is 9.94. The Morgan fingerprint density at radius 3 is 2.50 bits per heavy atom. The van der Waals surface area contributed by atoms with Gasteiger partial charge < -0.3 is 9.64 Å². The molecule has 0 N–H and O–H groups in total. The Morgan fingerprint density at radius 2 is 1.82 bits per heavy atom. The third-order valence-electron chi connectivity index (χ3n) is 5.60. The number of hydrogen-bond donors (Lipinski definition) is 0. The second-order valence-electron chi connectivity index (χ2n) is 7.56. The van der Waals surface area contributed by atoms with Crippen LogP contribution in [0.2, 0.25) is 0 Å². The molecule has 1 saturated carbocycles. The summed E-state index contributed by atoms with van der Waals surface area (Å²) < 4.78 is 7.15. The quantitative estimate of drug-likeness (QED) is 0.716. The minimum Gasteiger partial charge on any atom is -0.452 e. The van der Waals surface area contributed by atoms with E-state index in [0.29, 0.717) is 17.8 Å². The molecule has 28 heavy (non-hydrogen) atoms. The molecule has 6 heteroatoms. The van der Waals surface area contributed by atoms with Gasteiger partial charge in [-0.1, -0.05) is 49.6 Å². The lowest BCUT2D eigenvalue weighted by Crippen LogP contribution is -2.40. The van der Waals surface area contributed by atoms with Crippen LogP contribution in [-0.2, 0) is 16.1 Å². The van der Waals surface area contributed by atoms with Crippen LogP contribution in [0.1, 0.15) is 59.4 Å². The molecule has 1 fully saturated rings. The Hall–Kier alpha value is -2.63. The molecule has 0 radical (unpaired) electrons. The van der Waals surface area contributed by atoms with Gasteiger partial charge in [0.05, 0.1) is 17.9 Å². The summed E-state index contributed by atoms with van der Waals surface area (Å²) in [6.07, 6.45) is 5.60. The van der Waals surface area contributed by atoms with Gasteiger partial charge in [-0.15, -0.1) is 0 Å². The van der Waals surface area contributed by atoms with Crippen LogP contribution in [0.15, 0.2) is 30.3 Å². The number of ether oxygens (including phenoxy) is 1. The monoisotopic (exact) mass is 383 g/mol. The van der Waals surface area contributed by atoms with Crippen molar-refractivity contribution in [2.24, 2.45) is 0 Å². The van der Waals surface area contributed by atoms with E-state index < -0.39 is 5.97 Å². The van der Waals surface area contributed by atoms with E-state index in [4.69, 9.17) is 4.74 Å². The number of amides is 1.